The third-order valence-electron chi connectivity index (χ3n) is 3.82. The lowest BCUT2D eigenvalue weighted by Crippen LogP contribution is -2.14. The van der Waals surface area contributed by atoms with E-state index in [0.717, 1.165) is 23.4 Å². The van der Waals surface area contributed by atoms with Gasteiger partial charge in [-0.3, -0.25) is 0 Å². The molecule has 0 amide bonds. The van der Waals surface area contributed by atoms with Crippen molar-refractivity contribution in [1.82, 2.24) is 4.90 Å². The van der Waals surface area contributed by atoms with E-state index in [2.05, 4.69) is 11.9 Å². The van der Waals surface area contributed by atoms with Crippen LogP contribution in [0.4, 0.5) is 5.69 Å². The number of ether oxygens (including phenoxy) is 1. The summed E-state index contributed by atoms with van der Waals surface area (Å²) < 4.78 is 5.41. The van der Waals surface area contributed by atoms with Crippen LogP contribution in [0.1, 0.15) is 28.4 Å². The lowest BCUT2D eigenvalue weighted by atomic mass is 10.0. The second kappa shape index (κ2) is 7.58. The van der Waals surface area contributed by atoms with Crippen molar-refractivity contribution in [1.29, 1.82) is 0 Å². The van der Waals surface area contributed by atoms with Crippen LogP contribution in [0, 0.1) is 13.8 Å². The van der Waals surface area contributed by atoms with Gasteiger partial charge in [0.2, 0.25) is 0 Å². The summed E-state index contributed by atoms with van der Waals surface area (Å²) in [6.07, 6.45) is 1.80. The number of rotatable bonds is 5. The van der Waals surface area contributed by atoms with Gasteiger partial charge in [-0.25, -0.2) is 9.79 Å². The van der Waals surface area contributed by atoms with E-state index in [-0.39, 0.29) is 5.97 Å². The Morgan fingerprint density at radius 1 is 1.13 bits per heavy atom. The lowest BCUT2D eigenvalue weighted by Gasteiger charge is -2.12. The Labute approximate surface area is 137 Å². The van der Waals surface area contributed by atoms with Gasteiger partial charge in [0.25, 0.3) is 0 Å². The van der Waals surface area contributed by atoms with Crippen molar-refractivity contribution < 1.29 is 9.53 Å². The molecule has 0 spiro atoms. The molecule has 0 aliphatic heterocycles. The first-order valence-electron chi connectivity index (χ1n) is 7.64. The molecular weight excluding hydrogens is 288 g/mol. The molecule has 2 rings (SSSR count). The van der Waals surface area contributed by atoms with Crippen LogP contribution < -0.4 is 4.74 Å². The molecule has 120 valence electrons. The molecule has 4 nitrogen and oxygen atoms in total. The number of carbonyl (C=O) groups excluding carboxylic acids is 1. The van der Waals surface area contributed by atoms with Crippen LogP contribution in [0.15, 0.2) is 47.5 Å². The van der Waals surface area contributed by atoms with Gasteiger partial charge in [0, 0.05) is 13.6 Å². The van der Waals surface area contributed by atoms with E-state index in [0.29, 0.717) is 11.3 Å². The molecule has 0 saturated carbocycles. The number of benzene rings is 2. The minimum absolute atomic E-state index is 0.349. The second-order valence-corrected chi connectivity index (χ2v) is 5.40. The molecule has 0 saturated heterocycles. The Balaban J connectivity index is 2.23. The van der Waals surface area contributed by atoms with Crippen molar-refractivity contribution in [2.45, 2.75) is 20.8 Å². The summed E-state index contributed by atoms with van der Waals surface area (Å²) in [6.45, 7) is 6.84. The van der Waals surface area contributed by atoms with Crippen LogP contribution in [0.25, 0.3) is 0 Å². The van der Waals surface area contributed by atoms with Crippen LogP contribution >= 0.6 is 0 Å². The molecule has 0 atom stereocenters. The Hall–Kier alpha value is -2.62. The second-order valence-electron chi connectivity index (χ2n) is 5.40. The highest BCUT2D eigenvalue weighted by Gasteiger charge is 2.14. The smallest absolute Gasteiger partial charge is 0.343 e. The van der Waals surface area contributed by atoms with Crippen molar-refractivity contribution in [3.8, 4) is 5.75 Å². The van der Waals surface area contributed by atoms with Crippen molar-refractivity contribution in [2.24, 2.45) is 4.99 Å². The average molecular weight is 310 g/mol. The predicted octanol–water partition coefficient (Wildman–Crippen LogP) is 4.13. The normalized spacial score (nSPS) is 10.8. The Morgan fingerprint density at radius 3 is 2.48 bits per heavy atom. The van der Waals surface area contributed by atoms with E-state index in [4.69, 9.17) is 4.74 Å². The zero-order chi connectivity index (χ0) is 16.8. The van der Waals surface area contributed by atoms with Crippen LogP contribution in [0.5, 0.6) is 5.75 Å². The molecular formula is C19H22N2O2. The summed E-state index contributed by atoms with van der Waals surface area (Å²) in [7, 11) is 1.97. The Bertz CT molecular complexity index is 709. The first kappa shape index (κ1) is 16.7. The van der Waals surface area contributed by atoms with Gasteiger partial charge in [0.15, 0.2) is 0 Å². The van der Waals surface area contributed by atoms with E-state index >= 15 is 0 Å². The number of nitrogens with zero attached hydrogens (tertiary/aromatic N) is 2. The van der Waals surface area contributed by atoms with Crippen LogP contribution in [0.3, 0.4) is 0 Å². The maximum atomic E-state index is 12.3. The highest BCUT2D eigenvalue weighted by molar-refractivity contribution is 5.93. The fraction of sp³-hybridized carbons (Fsp3) is 0.263. The Kier molecular flexibility index (Phi) is 5.52. The topological polar surface area (TPSA) is 41.9 Å². The van der Waals surface area contributed by atoms with E-state index in [1.165, 1.54) is 0 Å². The number of carbonyl (C=O) groups is 1. The van der Waals surface area contributed by atoms with Gasteiger partial charge < -0.3 is 9.64 Å². The van der Waals surface area contributed by atoms with Gasteiger partial charge in [0.1, 0.15) is 5.75 Å². The third kappa shape index (κ3) is 4.19. The number of para-hydroxylation sites is 1. The lowest BCUT2D eigenvalue weighted by molar-refractivity contribution is 0.0734. The summed E-state index contributed by atoms with van der Waals surface area (Å²) in [5.74, 6) is 0.194. The molecule has 0 unspecified atom stereocenters. The van der Waals surface area contributed by atoms with Gasteiger partial charge in [-0.2, -0.15) is 0 Å². The predicted molar refractivity (Wildman–Crippen MR) is 93.8 cm³/mol. The molecule has 2 aromatic rings. The molecule has 0 heterocycles. The van der Waals surface area contributed by atoms with E-state index < -0.39 is 0 Å². The van der Waals surface area contributed by atoms with E-state index in [1.54, 1.807) is 24.5 Å². The molecule has 0 N–H and O–H groups in total. The molecule has 0 aliphatic rings. The zero-order valence-electron chi connectivity index (χ0n) is 14.0. The summed E-state index contributed by atoms with van der Waals surface area (Å²) in [6, 6.07) is 12.7. The molecule has 0 radical (unpaired) electrons. The van der Waals surface area contributed by atoms with Crippen molar-refractivity contribution in [3.63, 3.8) is 0 Å². The SMILES string of the molecule is CCN(C)C=Nc1ccc(C(=O)Oc2ccccc2)c(C)c1C. The molecule has 0 aromatic heterocycles. The van der Waals surface area contributed by atoms with Crippen molar-refractivity contribution in [2.75, 3.05) is 13.6 Å². The van der Waals surface area contributed by atoms with E-state index in [1.807, 2.05) is 50.1 Å². The van der Waals surface area contributed by atoms with Crippen LogP contribution in [-0.4, -0.2) is 30.8 Å². The minimum Gasteiger partial charge on any atom is -0.423 e. The maximum absolute atomic E-state index is 12.3. The Morgan fingerprint density at radius 2 is 1.83 bits per heavy atom. The molecule has 23 heavy (non-hydrogen) atoms. The molecule has 0 aliphatic carbocycles. The number of hydrogen-bond acceptors (Lipinski definition) is 3. The molecule has 0 fully saturated rings. The highest BCUT2D eigenvalue weighted by Crippen LogP contribution is 2.25. The fourth-order valence-electron chi connectivity index (χ4n) is 2.06. The molecule has 0 bridgehead atoms. The standard InChI is InChI=1S/C19H22N2O2/c1-5-21(4)13-20-18-12-11-17(14(2)15(18)3)19(22)23-16-9-7-6-8-10-16/h6-13H,5H2,1-4H3. The summed E-state index contributed by atoms with van der Waals surface area (Å²) >= 11 is 0. The van der Waals surface area contributed by atoms with Gasteiger partial charge in [-0.15, -0.1) is 0 Å². The van der Waals surface area contributed by atoms with Gasteiger partial charge >= 0.3 is 5.97 Å². The maximum Gasteiger partial charge on any atom is 0.343 e. The van der Waals surface area contributed by atoms with Crippen LogP contribution in [0.2, 0.25) is 0 Å². The van der Waals surface area contributed by atoms with Crippen molar-refractivity contribution >= 4 is 18.0 Å². The number of aliphatic imine (C=N–C) groups is 1. The first-order chi connectivity index (χ1) is 11.0. The molecule has 4 heteroatoms. The minimum atomic E-state index is -0.349. The number of esters is 1. The van der Waals surface area contributed by atoms with Crippen molar-refractivity contribution in [3.05, 3.63) is 59.2 Å². The largest absolute Gasteiger partial charge is 0.423 e. The fourth-order valence-corrected chi connectivity index (χ4v) is 2.06. The zero-order valence-corrected chi connectivity index (χ0v) is 14.0. The van der Waals surface area contributed by atoms with Gasteiger partial charge in [-0.05, 0) is 56.2 Å². The third-order valence-corrected chi connectivity index (χ3v) is 3.82. The molecule has 2 aromatic carbocycles. The van der Waals surface area contributed by atoms with Crippen LogP contribution in [-0.2, 0) is 0 Å². The highest BCUT2D eigenvalue weighted by atomic mass is 16.5. The summed E-state index contributed by atoms with van der Waals surface area (Å²) in [5.41, 5.74) is 3.29. The van der Waals surface area contributed by atoms with E-state index in [9.17, 15) is 4.79 Å². The number of hydrogen-bond donors (Lipinski definition) is 0. The average Bonchev–Trinajstić information content (AvgIpc) is 2.56. The quantitative estimate of drug-likeness (QED) is 0.361. The summed E-state index contributed by atoms with van der Waals surface area (Å²) in [4.78, 5) is 18.8. The van der Waals surface area contributed by atoms with Gasteiger partial charge in [0.05, 0.1) is 17.6 Å². The van der Waals surface area contributed by atoms with Gasteiger partial charge in [-0.1, -0.05) is 18.2 Å². The monoisotopic (exact) mass is 310 g/mol. The first-order valence-corrected chi connectivity index (χ1v) is 7.64. The summed E-state index contributed by atoms with van der Waals surface area (Å²) in [5, 5.41) is 0.